The molecule has 0 aliphatic carbocycles. The molecule has 1 N–H and O–H groups in total. The highest BCUT2D eigenvalue weighted by Gasteiger charge is 2.17. The minimum absolute atomic E-state index is 0.202. The van der Waals surface area contributed by atoms with Gasteiger partial charge in [0, 0.05) is 23.7 Å². The summed E-state index contributed by atoms with van der Waals surface area (Å²) in [7, 11) is -2.03. The Morgan fingerprint density at radius 3 is 2.14 bits per heavy atom. The number of anilines is 2. The summed E-state index contributed by atoms with van der Waals surface area (Å²) in [4.78, 5) is 25.6. The Morgan fingerprint density at radius 2 is 1.45 bits per heavy atom. The summed E-state index contributed by atoms with van der Waals surface area (Å²) in [5.74, 6) is -0.644. The van der Waals surface area contributed by atoms with E-state index >= 15 is 0 Å². The molecule has 3 aromatic carbocycles. The molecule has 0 bridgehead atoms. The number of para-hydroxylation sites is 1. The van der Waals surface area contributed by atoms with Gasteiger partial charge in [-0.25, -0.2) is 8.42 Å². The average Bonchev–Trinajstić information content (AvgIpc) is 2.73. The van der Waals surface area contributed by atoms with Crippen LogP contribution in [-0.4, -0.2) is 33.4 Å². The molecule has 0 heterocycles. The Kier molecular flexibility index (Phi) is 5.79. The van der Waals surface area contributed by atoms with E-state index in [4.69, 9.17) is 0 Å². The standard InChI is InChI=1S/C22H20N2O4S/c1-24(29(2,27)28)18-12-8-11-17(15-18)22(26)23-20-14-7-6-13-19(20)21(25)16-9-4-3-5-10-16/h3-15H,1-2H3,(H,23,26). The summed E-state index contributed by atoms with van der Waals surface area (Å²) >= 11 is 0. The fraction of sp³-hybridized carbons (Fsp3) is 0.0909. The molecule has 6 nitrogen and oxygen atoms in total. The maximum Gasteiger partial charge on any atom is 0.255 e. The van der Waals surface area contributed by atoms with Crippen molar-refractivity contribution >= 4 is 33.1 Å². The van der Waals surface area contributed by atoms with Crippen LogP contribution in [0.3, 0.4) is 0 Å². The molecule has 0 atom stereocenters. The maximum absolute atomic E-state index is 12.8. The molecule has 3 rings (SSSR count). The van der Waals surface area contributed by atoms with Crippen molar-refractivity contribution in [3.8, 4) is 0 Å². The van der Waals surface area contributed by atoms with E-state index in [9.17, 15) is 18.0 Å². The first-order valence-electron chi connectivity index (χ1n) is 8.81. The number of ketones is 1. The van der Waals surface area contributed by atoms with E-state index in [0.717, 1.165) is 10.6 Å². The van der Waals surface area contributed by atoms with E-state index in [1.165, 1.54) is 13.1 Å². The van der Waals surface area contributed by atoms with E-state index < -0.39 is 15.9 Å². The van der Waals surface area contributed by atoms with Crippen LogP contribution in [0.5, 0.6) is 0 Å². The number of rotatable bonds is 6. The molecule has 1 amide bonds. The van der Waals surface area contributed by atoms with Gasteiger partial charge in [-0.05, 0) is 30.3 Å². The molecule has 0 fully saturated rings. The van der Waals surface area contributed by atoms with Crippen LogP contribution in [0.2, 0.25) is 0 Å². The van der Waals surface area contributed by atoms with Crippen LogP contribution >= 0.6 is 0 Å². The number of amides is 1. The lowest BCUT2D eigenvalue weighted by molar-refractivity contribution is 0.102. The topological polar surface area (TPSA) is 83.6 Å². The number of benzene rings is 3. The van der Waals surface area contributed by atoms with Gasteiger partial charge in [-0.3, -0.25) is 13.9 Å². The largest absolute Gasteiger partial charge is 0.321 e. The number of nitrogens with one attached hydrogen (secondary N) is 1. The smallest absolute Gasteiger partial charge is 0.255 e. The van der Waals surface area contributed by atoms with Gasteiger partial charge in [-0.2, -0.15) is 0 Å². The molecule has 0 saturated heterocycles. The predicted octanol–water partition coefficient (Wildman–Crippen LogP) is 3.57. The van der Waals surface area contributed by atoms with E-state index in [0.29, 0.717) is 22.5 Å². The first-order chi connectivity index (χ1) is 13.8. The first-order valence-corrected chi connectivity index (χ1v) is 10.7. The number of sulfonamides is 1. The minimum Gasteiger partial charge on any atom is -0.321 e. The van der Waals surface area contributed by atoms with Gasteiger partial charge in [0.05, 0.1) is 17.6 Å². The third-order valence-corrected chi connectivity index (χ3v) is 5.63. The minimum atomic E-state index is -3.45. The summed E-state index contributed by atoms with van der Waals surface area (Å²) in [6.07, 6.45) is 1.09. The van der Waals surface area contributed by atoms with Crippen LogP contribution in [-0.2, 0) is 10.0 Å². The van der Waals surface area contributed by atoms with Gasteiger partial charge in [0.1, 0.15) is 0 Å². The summed E-state index contributed by atoms with van der Waals surface area (Å²) in [6.45, 7) is 0. The fourth-order valence-corrected chi connectivity index (χ4v) is 3.26. The summed E-state index contributed by atoms with van der Waals surface area (Å²) in [5, 5.41) is 2.75. The zero-order valence-corrected chi connectivity index (χ0v) is 16.8. The highest BCUT2D eigenvalue weighted by Crippen LogP contribution is 2.22. The highest BCUT2D eigenvalue weighted by atomic mass is 32.2. The fourth-order valence-electron chi connectivity index (χ4n) is 2.76. The van der Waals surface area contributed by atoms with E-state index in [2.05, 4.69) is 5.32 Å². The molecular weight excluding hydrogens is 388 g/mol. The van der Waals surface area contributed by atoms with Crippen LogP contribution < -0.4 is 9.62 Å². The van der Waals surface area contributed by atoms with Crippen molar-refractivity contribution < 1.29 is 18.0 Å². The number of hydrogen-bond donors (Lipinski definition) is 1. The lowest BCUT2D eigenvalue weighted by Crippen LogP contribution is -2.25. The number of carbonyl (C=O) groups is 2. The van der Waals surface area contributed by atoms with Gasteiger partial charge in [-0.1, -0.05) is 48.5 Å². The quantitative estimate of drug-likeness (QED) is 0.632. The summed E-state index contributed by atoms with van der Waals surface area (Å²) in [6, 6.07) is 21.8. The molecular formula is C22H20N2O4S. The molecule has 0 aliphatic heterocycles. The van der Waals surface area contributed by atoms with Gasteiger partial charge < -0.3 is 5.32 Å². The predicted molar refractivity (Wildman–Crippen MR) is 114 cm³/mol. The van der Waals surface area contributed by atoms with E-state index in [1.54, 1.807) is 66.7 Å². The summed E-state index contributed by atoms with van der Waals surface area (Å²) < 4.78 is 24.6. The first kappa shape index (κ1) is 20.3. The molecule has 3 aromatic rings. The molecule has 148 valence electrons. The lowest BCUT2D eigenvalue weighted by atomic mass is 10.0. The Balaban J connectivity index is 1.88. The van der Waals surface area contributed by atoms with Crippen LogP contribution in [0.15, 0.2) is 78.9 Å². The van der Waals surface area contributed by atoms with Crippen LogP contribution in [0.4, 0.5) is 11.4 Å². The molecule has 0 spiro atoms. The number of nitrogens with zero attached hydrogens (tertiary/aromatic N) is 1. The third kappa shape index (κ3) is 4.70. The number of hydrogen-bond acceptors (Lipinski definition) is 4. The second kappa shape index (κ2) is 8.28. The van der Waals surface area contributed by atoms with Crippen LogP contribution in [0.25, 0.3) is 0 Å². The molecule has 29 heavy (non-hydrogen) atoms. The van der Waals surface area contributed by atoms with Crippen molar-refractivity contribution in [3.05, 3.63) is 95.6 Å². The van der Waals surface area contributed by atoms with Crippen molar-refractivity contribution in [3.63, 3.8) is 0 Å². The van der Waals surface area contributed by atoms with Crippen LogP contribution in [0.1, 0.15) is 26.3 Å². The maximum atomic E-state index is 12.8. The van der Waals surface area contributed by atoms with Gasteiger partial charge in [0.25, 0.3) is 5.91 Å². The van der Waals surface area contributed by atoms with Crippen molar-refractivity contribution in [2.45, 2.75) is 0 Å². The molecule has 0 aliphatic rings. The Labute approximate surface area is 169 Å². The van der Waals surface area contributed by atoms with E-state index in [-0.39, 0.29) is 11.3 Å². The molecule has 0 radical (unpaired) electrons. The third-order valence-electron chi connectivity index (χ3n) is 4.43. The molecule has 0 unspecified atom stereocenters. The highest BCUT2D eigenvalue weighted by molar-refractivity contribution is 7.92. The zero-order valence-electron chi connectivity index (χ0n) is 16.0. The average molecular weight is 408 g/mol. The molecule has 0 aromatic heterocycles. The van der Waals surface area contributed by atoms with Crippen molar-refractivity contribution in [1.29, 1.82) is 0 Å². The second-order valence-corrected chi connectivity index (χ2v) is 8.49. The summed E-state index contributed by atoms with van der Waals surface area (Å²) in [5.41, 5.74) is 1.92. The van der Waals surface area contributed by atoms with Gasteiger partial charge in [0.2, 0.25) is 10.0 Å². The SMILES string of the molecule is CN(c1cccc(C(=O)Nc2ccccc2C(=O)c2ccccc2)c1)S(C)(=O)=O. The van der Waals surface area contributed by atoms with Crippen molar-refractivity contribution in [1.82, 2.24) is 0 Å². The monoisotopic (exact) mass is 408 g/mol. The Bertz CT molecular complexity index is 1160. The van der Waals surface area contributed by atoms with Gasteiger partial charge >= 0.3 is 0 Å². The van der Waals surface area contributed by atoms with Crippen molar-refractivity contribution in [2.75, 3.05) is 22.9 Å². The number of carbonyl (C=O) groups excluding carboxylic acids is 2. The normalized spacial score (nSPS) is 11.0. The van der Waals surface area contributed by atoms with Crippen molar-refractivity contribution in [2.24, 2.45) is 0 Å². The van der Waals surface area contributed by atoms with Gasteiger partial charge in [-0.15, -0.1) is 0 Å². The molecule has 0 saturated carbocycles. The van der Waals surface area contributed by atoms with Gasteiger partial charge in [0.15, 0.2) is 5.78 Å². The lowest BCUT2D eigenvalue weighted by Gasteiger charge is -2.17. The Hall–Kier alpha value is -3.45. The zero-order chi connectivity index (χ0) is 21.0. The van der Waals surface area contributed by atoms with Crippen LogP contribution in [0, 0.1) is 0 Å². The Morgan fingerprint density at radius 1 is 0.828 bits per heavy atom. The second-order valence-electron chi connectivity index (χ2n) is 6.48. The molecule has 7 heteroatoms. The van der Waals surface area contributed by atoms with E-state index in [1.807, 2.05) is 6.07 Å².